The van der Waals surface area contributed by atoms with E-state index in [-0.39, 0.29) is 11.8 Å². The minimum absolute atomic E-state index is 0.0818. The van der Waals surface area contributed by atoms with Crippen LogP contribution in [-0.4, -0.2) is 43.0 Å². The number of hydrogen-bond acceptors (Lipinski definition) is 4. The summed E-state index contributed by atoms with van der Waals surface area (Å²) in [7, 11) is 1.60. The predicted molar refractivity (Wildman–Crippen MR) is 94.9 cm³/mol. The van der Waals surface area contributed by atoms with E-state index >= 15 is 0 Å². The number of thiophene rings is 1. The lowest BCUT2D eigenvalue weighted by Crippen LogP contribution is -2.57. The Bertz CT molecular complexity index is 758. The highest BCUT2D eigenvalue weighted by molar-refractivity contribution is 7.12. The van der Waals surface area contributed by atoms with Crippen molar-refractivity contribution in [1.82, 2.24) is 4.90 Å². The molecule has 1 aliphatic rings. The third kappa shape index (κ3) is 2.89. The number of nitrogens with zero attached hydrogens (tertiary/aromatic N) is 2. The Hall–Kier alpha value is -2.34. The molecule has 5 nitrogen and oxygen atoms in total. The van der Waals surface area contributed by atoms with Gasteiger partial charge in [-0.25, -0.2) is 0 Å². The van der Waals surface area contributed by atoms with Crippen molar-refractivity contribution < 1.29 is 14.3 Å². The number of piperazine rings is 1. The minimum atomic E-state index is -0.501. The van der Waals surface area contributed by atoms with Crippen LogP contribution in [0.3, 0.4) is 0 Å². The standard InChI is InChI=1S/C18H20N2O3S/c1-12-6-7-15(23-3)14(11-12)20-9-8-19(13(2)17(20)21)18(22)16-5-4-10-24-16/h4-7,10-11,13H,8-9H2,1-3H3/t13-/m1/s1. The Morgan fingerprint density at radius 3 is 2.75 bits per heavy atom. The molecular weight excluding hydrogens is 324 g/mol. The van der Waals surface area contributed by atoms with Crippen molar-refractivity contribution >= 4 is 28.8 Å². The van der Waals surface area contributed by atoms with Crippen molar-refractivity contribution in [2.75, 3.05) is 25.1 Å². The molecule has 0 saturated carbocycles. The van der Waals surface area contributed by atoms with Gasteiger partial charge in [0.1, 0.15) is 11.8 Å². The number of anilines is 1. The van der Waals surface area contributed by atoms with E-state index in [0.717, 1.165) is 11.3 Å². The largest absolute Gasteiger partial charge is 0.495 e. The van der Waals surface area contributed by atoms with Crippen LogP contribution in [0.4, 0.5) is 5.69 Å². The molecule has 2 heterocycles. The first-order valence-electron chi connectivity index (χ1n) is 7.83. The Morgan fingerprint density at radius 1 is 1.29 bits per heavy atom. The minimum Gasteiger partial charge on any atom is -0.495 e. The van der Waals surface area contributed by atoms with Gasteiger partial charge in [-0.1, -0.05) is 12.1 Å². The van der Waals surface area contributed by atoms with Crippen molar-refractivity contribution in [2.24, 2.45) is 0 Å². The number of amides is 2. The Balaban J connectivity index is 1.85. The second kappa shape index (κ2) is 6.65. The van der Waals surface area contributed by atoms with E-state index in [1.54, 1.807) is 29.9 Å². The second-order valence-corrected chi connectivity index (χ2v) is 6.76. The number of ether oxygens (including phenoxy) is 1. The molecule has 3 rings (SSSR count). The third-order valence-corrected chi connectivity index (χ3v) is 5.13. The summed E-state index contributed by atoms with van der Waals surface area (Å²) >= 11 is 1.40. The molecule has 0 aliphatic carbocycles. The van der Waals surface area contributed by atoms with Gasteiger partial charge >= 0.3 is 0 Å². The van der Waals surface area contributed by atoms with Crippen LogP contribution in [0.1, 0.15) is 22.2 Å². The van der Waals surface area contributed by atoms with Crippen molar-refractivity contribution in [1.29, 1.82) is 0 Å². The number of carbonyl (C=O) groups is 2. The van der Waals surface area contributed by atoms with Crippen LogP contribution in [0.5, 0.6) is 5.75 Å². The summed E-state index contributed by atoms with van der Waals surface area (Å²) in [5.74, 6) is 0.496. The summed E-state index contributed by atoms with van der Waals surface area (Å²) < 4.78 is 5.40. The van der Waals surface area contributed by atoms with Gasteiger partial charge < -0.3 is 14.5 Å². The molecule has 1 aliphatic heterocycles. The predicted octanol–water partition coefficient (Wildman–Crippen LogP) is 2.94. The quantitative estimate of drug-likeness (QED) is 0.860. The number of aryl methyl sites for hydroxylation is 1. The summed E-state index contributed by atoms with van der Waals surface area (Å²) in [6, 6.07) is 8.90. The summed E-state index contributed by atoms with van der Waals surface area (Å²) in [5, 5.41) is 1.87. The van der Waals surface area contributed by atoms with Gasteiger partial charge in [-0.05, 0) is 43.0 Å². The highest BCUT2D eigenvalue weighted by atomic mass is 32.1. The smallest absolute Gasteiger partial charge is 0.264 e. The molecule has 2 aromatic rings. The lowest BCUT2D eigenvalue weighted by molar-refractivity contribution is -0.124. The maximum atomic E-state index is 12.9. The lowest BCUT2D eigenvalue weighted by atomic mass is 10.1. The van der Waals surface area contributed by atoms with E-state index in [4.69, 9.17) is 4.74 Å². The highest BCUT2D eigenvalue weighted by Crippen LogP contribution is 2.32. The van der Waals surface area contributed by atoms with Gasteiger partial charge in [-0.15, -0.1) is 11.3 Å². The van der Waals surface area contributed by atoms with Crippen LogP contribution in [-0.2, 0) is 4.79 Å². The topological polar surface area (TPSA) is 49.9 Å². The van der Waals surface area contributed by atoms with Crippen molar-refractivity contribution in [3.63, 3.8) is 0 Å². The zero-order chi connectivity index (χ0) is 17.3. The maximum absolute atomic E-state index is 12.9. The SMILES string of the molecule is COc1ccc(C)cc1N1CCN(C(=O)c2cccs2)[C@H](C)C1=O. The molecule has 0 N–H and O–H groups in total. The van der Waals surface area contributed by atoms with Crippen LogP contribution >= 0.6 is 11.3 Å². The molecule has 1 fully saturated rings. The highest BCUT2D eigenvalue weighted by Gasteiger charge is 2.36. The maximum Gasteiger partial charge on any atom is 0.264 e. The number of hydrogen-bond donors (Lipinski definition) is 0. The van der Waals surface area contributed by atoms with Gasteiger partial charge in [-0.2, -0.15) is 0 Å². The number of carbonyl (C=O) groups excluding carboxylic acids is 2. The molecule has 1 atom stereocenters. The van der Waals surface area contributed by atoms with Gasteiger partial charge in [0.15, 0.2) is 0 Å². The van der Waals surface area contributed by atoms with Gasteiger partial charge in [0.05, 0.1) is 17.7 Å². The van der Waals surface area contributed by atoms with Gasteiger partial charge in [0.25, 0.3) is 5.91 Å². The van der Waals surface area contributed by atoms with E-state index in [1.165, 1.54) is 11.3 Å². The molecule has 0 radical (unpaired) electrons. The molecule has 6 heteroatoms. The van der Waals surface area contributed by atoms with E-state index in [0.29, 0.717) is 23.7 Å². The Morgan fingerprint density at radius 2 is 2.08 bits per heavy atom. The van der Waals surface area contributed by atoms with E-state index < -0.39 is 6.04 Å². The number of rotatable bonds is 3. The van der Waals surface area contributed by atoms with Crippen LogP contribution in [0, 0.1) is 6.92 Å². The number of methoxy groups -OCH3 is 1. The summed E-state index contributed by atoms with van der Waals surface area (Å²) in [4.78, 5) is 29.5. The molecular formula is C18H20N2O3S. The molecule has 24 heavy (non-hydrogen) atoms. The monoisotopic (exact) mass is 344 g/mol. The lowest BCUT2D eigenvalue weighted by Gasteiger charge is -2.39. The van der Waals surface area contributed by atoms with E-state index in [2.05, 4.69) is 0 Å². The fourth-order valence-corrected chi connectivity index (χ4v) is 3.62. The molecule has 1 aromatic heterocycles. The van der Waals surface area contributed by atoms with Gasteiger partial charge in [0, 0.05) is 13.1 Å². The van der Waals surface area contributed by atoms with Gasteiger partial charge in [-0.3, -0.25) is 9.59 Å². The molecule has 126 valence electrons. The first-order valence-corrected chi connectivity index (χ1v) is 8.71. The van der Waals surface area contributed by atoms with Crippen molar-refractivity contribution in [2.45, 2.75) is 19.9 Å². The molecule has 2 amide bonds. The fraction of sp³-hybridized carbons (Fsp3) is 0.333. The van der Waals surface area contributed by atoms with Crippen molar-refractivity contribution in [3.05, 3.63) is 46.2 Å². The Kier molecular flexibility index (Phi) is 4.57. The molecule has 1 aromatic carbocycles. The van der Waals surface area contributed by atoms with E-state index in [1.807, 2.05) is 36.6 Å². The van der Waals surface area contributed by atoms with E-state index in [9.17, 15) is 9.59 Å². The summed E-state index contributed by atoms with van der Waals surface area (Å²) in [5.41, 5.74) is 1.82. The van der Waals surface area contributed by atoms with Crippen LogP contribution in [0.25, 0.3) is 0 Å². The van der Waals surface area contributed by atoms with Crippen molar-refractivity contribution in [3.8, 4) is 5.75 Å². The van der Waals surface area contributed by atoms with Crippen LogP contribution in [0.2, 0.25) is 0 Å². The molecule has 0 unspecified atom stereocenters. The second-order valence-electron chi connectivity index (χ2n) is 5.82. The average molecular weight is 344 g/mol. The summed E-state index contributed by atoms with van der Waals surface area (Å²) in [6.07, 6.45) is 0. The molecule has 1 saturated heterocycles. The number of benzene rings is 1. The Labute approximate surface area is 145 Å². The first kappa shape index (κ1) is 16.5. The van der Waals surface area contributed by atoms with Gasteiger partial charge in [0.2, 0.25) is 5.91 Å². The zero-order valence-electron chi connectivity index (χ0n) is 14.0. The average Bonchev–Trinajstić information content (AvgIpc) is 3.11. The normalized spacial score (nSPS) is 18.0. The zero-order valence-corrected chi connectivity index (χ0v) is 14.8. The van der Waals surface area contributed by atoms with Crippen LogP contribution in [0.15, 0.2) is 35.7 Å². The first-order chi connectivity index (χ1) is 11.5. The fourth-order valence-electron chi connectivity index (χ4n) is 2.94. The third-order valence-electron chi connectivity index (χ3n) is 4.27. The van der Waals surface area contributed by atoms with Crippen LogP contribution < -0.4 is 9.64 Å². The summed E-state index contributed by atoms with van der Waals surface area (Å²) in [6.45, 7) is 4.72. The molecule has 0 spiro atoms. The molecule has 0 bridgehead atoms.